The normalized spacial score (nSPS) is 45.0. The molecule has 1 rings (SSSR count). The van der Waals surface area contributed by atoms with Crippen molar-refractivity contribution in [1.29, 1.82) is 0 Å². The van der Waals surface area contributed by atoms with E-state index in [2.05, 4.69) is 27.7 Å². The zero-order valence-electron chi connectivity index (χ0n) is 9.14. The summed E-state index contributed by atoms with van der Waals surface area (Å²) in [4.78, 5) is 0. The smallest absolute Gasteiger partial charge is 0.0414 e. The van der Waals surface area contributed by atoms with Crippen molar-refractivity contribution in [2.45, 2.75) is 53.4 Å². The summed E-state index contributed by atoms with van der Waals surface area (Å²) in [6.45, 7) is 9.69. The van der Waals surface area contributed by atoms with Crippen LogP contribution < -0.4 is 0 Å². The molecule has 0 aliphatic heterocycles. The number of rotatable bonds is 0. The summed E-state index contributed by atoms with van der Waals surface area (Å²) in [7, 11) is 0. The van der Waals surface area contributed by atoms with Gasteiger partial charge < -0.3 is 0 Å². The third-order valence-corrected chi connectivity index (χ3v) is 3.67. The summed E-state index contributed by atoms with van der Waals surface area (Å²) >= 11 is 0. The second-order valence-corrected chi connectivity index (χ2v) is 5.21. The Morgan fingerprint density at radius 1 is 0.667 bits per heavy atom. The maximum Gasteiger partial charge on any atom is -0.0414 e. The van der Waals surface area contributed by atoms with Crippen LogP contribution in [0.25, 0.3) is 0 Å². The minimum atomic E-state index is 0.951. The average molecular weight is 168 g/mol. The van der Waals surface area contributed by atoms with E-state index in [9.17, 15) is 0 Å². The Balaban J connectivity index is 2.46. The zero-order chi connectivity index (χ0) is 9.14. The molecule has 0 amide bonds. The standard InChI is InChI=1S/C12H24/c1-9-5-6-11(3)12(4)8-10(2)7-9/h9-12H,5-8H2,1-4H3. The van der Waals surface area contributed by atoms with Gasteiger partial charge in [-0.25, -0.2) is 0 Å². The predicted molar refractivity (Wildman–Crippen MR) is 55.1 cm³/mol. The Labute approximate surface area is 77.7 Å². The molecule has 0 radical (unpaired) electrons. The first-order valence-corrected chi connectivity index (χ1v) is 5.59. The number of hydrogen-bond acceptors (Lipinski definition) is 0. The monoisotopic (exact) mass is 168 g/mol. The molecule has 0 aromatic carbocycles. The fourth-order valence-electron chi connectivity index (χ4n) is 2.60. The first kappa shape index (κ1) is 10.1. The fourth-order valence-corrected chi connectivity index (χ4v) is 2.60. The molecule has 1 saturated carbocycles. The molecule has 0 aromatic heterocycles. The Bertz CT molecular complexity index is 128. The molecule has 12 heavy (non-hydrogen) atoms. The highest BCUT2D eigenvalue weighted by atomic mass is 14.3. The van der Waals surface area contributed by atoms with Gasteiger partial charge in [-0.2, -0.15) is 0 Å². The quantitative estimate of drug-likeness (QED) is 0.511. The Kier molecular flexibility index (Phi) is 3.61. The van der Waals surface area contributed by atoms with Crippen molar-refractivity contribution in [3.8, 4) is 0 Å². The molecule has 0 saturated heterocycles. The van der Waals surface area contributed by atoms with Gasteiger partial charge in [0.05, 0.1) is 0 Å². The average Bonchev–Trinajstić information content (AvgIpc) is 1.98. The maximum absolute atomic E-state index is 2.43. The van der Waals surface area contributed by atoms with Crippen molar-refractivity contribution >= 4 is 0 Å². The highest BCUT2D eigenvalue weighted by Crippen LogP contribution is 2.32. The van der Waals surface area contributed by atoms with Crippen LogP contribution in [-0.4, -0.2) is 0 Å². The Morgan fingerprint density at radius 3 is 2.00 bits per heavy atom. The van der Waals surface area contributed by atoms with Crippen LogP contribution in [0.15, 0.2) is 0 Å². The van der Waals surface area contributed by atoms with Gasteiger partial charge in [0.25, 0.3) is 0 Å². The molecule has 0 N–H and O–H groups in total. The third-order valence-electron chi connectivity index (χ3n) is 3.67. The third kappa shape index (κ3) is 2.80. The summed E-state index contributed by atoms with van der Waals surface area (Å²) in [5.74, 6) is 3.83. The lowest BCUT2D eigenvalue weighted by Gasteiger charge is -2.29. The van der Waals surface area contributed by atoms with Crippen LogP contribution in [0.1, 0.15) is 53.4 Å². The van der Waals surface area contributed by atoms with Gasteiger partial charge in [-0.1, -0.05) is 40.5 Å². The molecular weight excluding hydrogens is 144 g/mol. The van der Waals surface area contributed by atoms with Crippen LogP contribution in [0, 0.1) is 23.7 Å². The molecule has 0 nitrogen and oxygen atoms in total. The van der Waals surface area contributed by atoms with Crippen LogP contribution >= 0.6 is 0 Å². The summed E-state index contributed by atoms with van der Waals surface area (Å²) in [5, 5.41) is 0. The summed E-state index contributed by atoms with van der Waals surface area (Å²) in [6.07, 6.45) is 5.81. The second kappa shape index (κ2) is 4.30. The molecule has 0 bridgehead atoms. The first-order valence-electron chi connectivity index (χ1n) is 5.59. The molecule has 0 heterocycles. The lowest BCUT2D eigenvalue weighted by molar-refractivity contribution is 0.222. The van der Waals surface area contributed by atoms with Gasteiger partial charge in [-0.05, 0) is 36.5 Å². The minimum Gasteiger partial charge on any atom is -0.0625 e. The number of hydrogen-bond donors (Lipinski definition) is 0. The summed E-state index contributed by atoms with van der Waals surface area (Å²) < 4.78 is 0. The van der Waals surface area contributed by atoms with Crippen molar-refractivity contribution in [2.24, 2.45) is 23.7 Å². The van der Waals surface area contributed by atoms with E-state index < -0.39 is 0 Å². The van der Waals surface area contributed by atoms with Crippen LogP contribution in [0.4, 0.5) is 0 Å². The molecule has 1 aliphatic rings. The van der Waals surface area contributed by atoms with Crippen LogP contribution in [-0.2, 0) is 0 Å². The van der Waals surface area contributed by atoms with E-state index >= 15 is 0 Å². The highest BCUT2D eigenvalue weighted by molar-refractivity contribution is 4.72. The van der Waals surface area contributed by atoms with Gasteiger partial charge >= 0.3 is 0 Å². The molecule has 1 aliphatic carbocycles. The highest BCUT2D eigenvalue weighted by Gasteiger charge is 2.21. The SMILES string of the molecule is CC1CCC(C)C(C)CC(C)C1. The van der Waals surface area contributed by atoms with Gasteiger partial charge in [0.1, 0.15) is 0 Å². The zero-order valence-corrected chi connectivity index (χ0v) is 9.14. The van der Waals surface area contributed by atoms with Gasteiger partial charge in [0, 0.05) is 0 Å². The van der Waals surface area contributed by atoms with Crippen LogP contribution in [0.3, 0.4) is 0 Å². The van der Waals surface area contributed by atoms with Gasteiger partial charge in [-0.15, -0.1) is 0 Å². The lowest BCUT2D eigenvalue weighted by atomic mass is 9.77. The molecule has 4 atom stereocenters. The molecule has 0 heteroatoms. The van der Waals surface area contributed by atoms with E-state index in [4.69, 9.17) is 0 Å². The molecule has 1 fully saturated rings. The van der Waals surface area contributed by atoms with Gasteiger partial charge in [0.15, 0.2) is 0 Å². The van der Waals surface area contributed by atoms with Crippen LogP contribution in [0.5, 0.6) is 0 Å². The van der Waals surface area contributed by atoms with E-state index in [-0.39, 0.29) is 0 Å². The van der Waals surface area contributed by atoms with Gasteiger partial charge in [-0.3, -0.25) is 0 Å². The maximum atomic E-state index is 2.43. The van der Waals surface area contributed by atoms with E-state index in [1.807, 2.05) is 0 Å². The van der Waals surface area contributed by atoms with Crippen molar-refractivity contribution in [3.63, 3.8) is 0 Å². The lowest BCUT2D eigenvalue weighted by Crippen LogP contribution is -2.18. The van der Waals surface area contributed by atoms with Crippen molar-refractivity contribution in [1.82, 2.24) is 0 Å². The Hall–Kier alpha value is 0. The predicted octanol–water partition coefficient (Wildman–Crippen LogP) is 4.10. The second-order valence-electron chi connectivity index (χ2n) is 5.21. The molecular formula is C12H24. The fraction of sp³-hybridized carbons (Fsp3) is 1.00. The molecule has 4 unspecified atom stereocenters. The summed E-state index contributed by atoms with van der Waals surface area (Å²) in [5.41, 5.74) is 0. The first-order chi connectivity index (χ1) is 5.59. The Morgan fingerprint density at radius 2 is 1.33 bits per heavy atom. The van der Waals surface area contributed by atoms with E-state index in [0.717, 1.165) is 23.7 Å². The van der Waals surface area contributed by atoms with Gasteiger partial charge in [0.2, 0.25) is 0 Å². The van der Waals surface area contributed by atoms with E-state index in [1.54, 1.807) is 0 Å². The molecule has 72 valence electrons. The van der Waals surface area contributed by atoms with E-state index in [1.165, 1.54) is 25.7 Å². The van der Waals surface area contributed by atoms with Crippen LogP contribution in [0.2, 0.25) is 0 Å². The van der Waals surface area contributed by atoms with E-state index in [0.29, 0.717) is 0 Å². The summed E-state index contributed by atoms with van der Waals surface area (Å²) in [6, 6.07) is 0. The minimum absolute atomic E-state index is 0.951. The topological polar surface area (TPSA) is 0 Å². The van der Waals surface area contributed by atoms with Crippen molar-refractivity contribution < 1.29 is 0 Å². The molecule has 0 aromatic rings. The van der Waals surface area contributed by atoms with Crippen molar-refractivity contribution in [2.75, 3.05) is 0 Å². The van der Waals surface area contributed by atoms with Crippen molar-refractivity contribution in [3.05, 3.63) is 0 Å². The largest absolute Gasteiger partial charge is 0.0625 e. The molecule has 0 spiro atoms.